The molecule has 0 saturated carbocycles. The van der Waals surface area contributed by atoms with E-state index < -0.39 is 17.6 Å². The molecule has 5 nitrogen and oxygen atoms in total. The summed E-state index contributed by atoms with van der Waals surface area (Å²) in [4.78, 5) is 20.9. The summed E-state index contributed by atoms with van der Waals surface area (Å²) in [7, 11) is 0. The van der Waals surface area contributed by atoms with Gasteiger partial charge in [-0.25, -0.2) is 9.97 Å². The first kappa shape index (κ1) is 17.7. The van der Waals surface area contributed by atoms with Crippen molar-refractivity contribution in [2.75, 3.05) is 5.32 Å². The molecule has 1 N–H and O–H groups in total. The van der Waals surface area contributed by atoms with Gasteiger partial charge in [0.1, 0.15) is 0 Å². The summed E-state index contributed by atoms with van der Waals surface area (Å²) < 4.78 is 40.3. The zero-order valence-corrected chi connectivity index (χ0v) is 14.3. The van der Waals surface area contributed by atoms with Crippen LogP contribution in [-0.4, -0.2) is 20.3 Å². The molecule has 0 bridgehead atoms. The lowest BCUT2D eigenvalue weighted by Crippen LogP contribution is -2.13. The zero-order valence-electron chi connectivity index (χ0n) is 14.3. The fraction of sp³-hybridized carbons (Fsp3) is 0.0500. The number of carbonyl (C=O) groups excluding carboxylic acids is 1. The molecule has 0 radical (unpaired) electrons. The molecule has 2 aromatic heterocycles. The first-order valence-corrected chi connectivity index (χ1v) is 8.29. The Morgan fingerprint density at radius 1 is 1.04 bits per heavy atom. The Morgan fingerprint density at radius 3 is 2.64 bits per heavy atom. The summed E-state index contributed by atoms with van der Waals surface area (Å²) in [6.07, 6.45) is 0.749. The van der Waals surface area contributed by atoms with Crippen molar-refractivity contribution in [2.45, 2.75) is 6.18 Å². The van der Waals surface area contributed by atoms with E-state index >= 15 is 0 Å². The highest BCUT2D eigenvalue weighted by Crippen LogP contribution is 2.30. The molecule has 140 valence electrons. The Hall–Kier alpha value is -3.68. The van der Waals surface area contributed by atoms with Crippen LogP contribution in [0.4, 0.5) is 18.9 Å². The van der Waals surface area contributed by atoms with Crippen molar-refractivity contribution < 1.29 is 18.0 Å². The Bertz CT molecular complexity index is 1130. The van der Waals surface area contributed by atoms with Crippen molar-refractivity contribution in [3.8, 4) is 11.3 Å². The van der Waals surface area contributed by atoms with Gasteiger partial charge in [0.2, 0.25) is 5.78 Å². The first-order valence-electron chi connectivity index (χ1n) is 8.29. The fourth-order valence-electron chi connectivity index (χ4n) is 2.77. The molecule has 0 aliphatic heterocycles. The summed E-state index contributed by atoms with van der Waals surface area (Å²) in [5.74, 6) is -0.0872. The minimum absolute atomic E-state index is 0.0721. The molecule has 1 amide bonds. The number of aromatic nitrogens is 3. The Morgan fingerprint density at radius 2 is 1.86 bits per heavy atom. The molecule has 4 aromatic rings. The highest BCUT2D eigenvalue weighted by Gasteiger charge is 2.30. The van der Waals surface area contributed by atoms with Gasteiger partial charge >= 0.3 is 6.18 Å². The summed E-state index contributed by atoms with van der Waals surface area (Å²) in [5.41, 5.74) is 0.911. The van der Waals surface area contributed by atoms with Crippen LogP contribution in [0.1, 0.15) is 15.9 Å². The van der Waals surface area contributed by atoms with Crippen molar-refractivity contribution in [1.29, 1.82) is 0 Å². The molecule has 0 saturated heterocycles. The molecule has 8 heteroatoms. The van der Waals surface area contributed by atoms with E-state index in [2.05, 4.69) is 15.3 Å². The van der Waals surface area contributed by atoms with Gasteiger partial charge in [-0.15, -0.1) is 0 Å². The first-order chi connectivity index (χ1) is 13.4. The smallest absolute Gasteiger partial charge is 0.322 e. The summed E-state index contributed by atoms with van der Waals surface area (Å²) >= 11 is 0. The number of imidazole rings is 1. The molecule has 0 aliphatic carbocycles. The van der Waals surface area contributed by atoms with Gasteiger partial charge in [-0.05, 0) is 36.4 Å². The van der Waals surface area contributed by atoms with Crippen LogP contribution < -0.4 is 5.32 Å². The average molecular weight is 382 g/mol. The molecule has 2 heterocycles. The second-order valence-corrected chi connectivity index (χ2v) is 6.07. The lowest BCUT2D eigenvalue weighted by atomic mass is 10.1. The maximum Gasteiger partial charge on any atom is 0.416 e. The minimum atomic E-state index is -4.51. The standard InChI is InChI=1S/C20H13F3N4O/c21-20(22,23)15-6-1-5-14(10-15)18(28)25-16-7-2-4-13(11-16)17-12-27-9-3-8-24-19(27)26-17/h1-12H,(H,25,28). The predicted octanol–water partition coefficient (Wildman–Crippen LogP) is 4.67. The normalized spacial score (nSPS) is 11.5. The number of fused-ring (bicyclic) bond motifs is 1. The second kappa shape index (κ2) is 6.80. The van der Waals surface area contributed by atoms with Gasteiger partial charge in [-0.1, -0.05) is 18.2 Å². The highest BCUT2D eigenvalue weighted by molar-refractivity contribution is 6.04. The number of nitrogens with zero attached hydrogens (tertiary/aromatic N) is 3. The SMILES string of the molecule is O=C(Nc1cccc(-c2cn3cccnc3n2)c1)c1cccc(C(F)(F)F)c1. The minimum Gasteiger partial charge on any atom is -0.322 e. The molecular weight excluding hydrogens is 369 g/mol. The Balaban J connectivity index is 1.59. The molecule has 0 spiro atoms. The van der Waals surface area contributed by atoms with Crippen LogP contribution >= 0.6 is 0 Å². The van der Waals surface area contributed by atoms with Crippen LogP contribution in [0.25, 0.3) is 17.0 Å². The van der Waals surface area contributed by atoms with Gasteiger partial charge in [-0.2, -0.15) is 13.2 Å². The van der Waals surface area contributed by atoms with Crippen LogP contribution in [-0.2, 0) is 6.18 Å². The number of hydrogen-bond donors (Lipinski definition) is 1. The van der Waals surface area contributed by atoms with Gasteiger partial charge in [0.25, 0.3) is 5.91 Å². The van der Waals surface area contributed by atoms with Crippen molar-refractivity contribution in [1.82, 2.24) is 14.4 Å². The van der Waals surface area contributed by atoms with Gasteiger partial charge in [-0.3, -0.25) is 9.20 Å². The molecule has 28 heavy (non-hydrogen) atoms. The number of anilines is 1. The zero-order chi connectivity index (χ0) is 19.7. The molecule has 0 unspecified atom stereocenters. The van der Waals surface area contributed by atoms with Gasteiger partial charge < -0.3 is 5.32 Å². The molecule has 0 aliphatic rings. The van der Waals surface area contributed by atoms with E-state index in [1.165, 1.54) is 12.1 Å². The number of nitrogens with one attached hydrogen (secondary N) is 1. The maximum atomic E-state index is 12.8. The van der Waals surface area contributed by atoms with Crippen LogP contribution in [0.15, 0.2) is 73.2 Å². The largest absolute Gasteiger partial charge is 0.416 e. The van der Waals surface area contributed by atoms with E-state index in [0.717, 1.165) is 17.7 Å². The third kappa shape index (κ3) is 3.57. The third-order valence-electron chi connectivity index (χ3n) is 4.10. The van der Waals surface area contributed by atoms with Crippen molar-refractivity contribution in [3.63, 3.8) is 0 Å². The number of carbonyl (C=O) groups is 1. The van der Waals surface area contributed by atoms with Crippen molar-refractivity contribution in [2.24, 2.45) is 0 Å². The number of benzene rings is 2. The number of rotatable bonds is 3. The molecule has 0 atom stereocenters. The predicted molar refractivity (Wildman–Crippen MR) is 97.8 cm³/mol. The lowest BCUT2D eigenvalue weighted by molar-refractivity contribution is -0.137. The second-order valence-electron chi connectivity index (χ2n) is 6.07. The highest BCUT2D eigenvalue weighted by atomic mass is 19.4. The summed E-state index contributed by atoms with van der Waals surface area (Å²) in [6.45, 7) is 0. The molecular formula is C20H13F3N4O. The van der Waals surface area contributed by atoms with Crippen LogP contribution in [0.5, 0.6) is 0 Å². The Kier molecular flexibility index (Phi) is 4.31. The van der Waals surface area contributed by atoms with E-state index in [1.807, 2.05) is 12.3 Å². The van der Waals surface area contributed by atoms with Crippen LogP contribution in [0, 0.1) is 0 Å². The van der Waals surface area contributed by atoms with E-state index in [0.29, 0.717) is 17.2 Å². The van der Waals surface area contributed by atoms with Crippen LogP contribution in [0.3, 0.4) is 0 Å². The Labute approximate surface area is 157 Å². The van der Waals surface area contributed by atoms with Gasteiger partial charge in [0, 0.05) is 35.4 Å². The van der Waals surface area contributed by atoms with Crippen LogP contribution in [0.2, 0.25) is 0 Å². The van der Waals surface area contributed by atoms with E-state index in [1.54, 1.807) is 41.1 Å². The average Bonchev–Trinajstić information content (AvgIpc) is 3.12. The monoisotopic (exact) mass is 382 g/mol. The number of hydrogen-bond acceptors (Lipinski definition) is 3. The molecule has 4 rings (SSSR count). The fourth-order valence-corrected chi connectivity index (χ4v) is 2.77. The van der Waals surface area contributed by atoms with E-state index in [4.69, 9.17) is 0 Å². The number of halogens is 3. The van der Waals surface area contributed by atoms with Crippen molar-refractivity contribution >= 4 is 17.4 Å². The number of alkyl halides is 3. The molecule has 2 aromatic carbocycles. The van der Waals surface area contributed by atoms with E-state index in [-0.39, 0.29) is 5.56 Å². The maximum absolute atomic E-state index is 12.8. The quantitative estimate of drug-likeness (QED) is 0.560. The third-order valence-corrected chi connectivity index (χ3v) is 4.10. The van der Waals surface area contributed by atoms with Crippen molar-refractivity contribution in [3.05, 3.63) is 84.3 Å². The lowest BCUT2D eigenvalue weighted by Gasteiger charge is -2.10. The van der Waals surface area contributed by atoms with E-state index in [9.17, 15) is 18.0 Å². The van der Waals surface area contributed by atoms with Gasteiger partial charge in [0.15, 0.2) is 0 Å². The number of amides is 1. The summed E-state index contributed by atoms with van der Waals surface area (Å²) in [5, 5.41) is 2.62. The molecule has 0 fully saturated rings. The topological polar surface area (TPSA) is 59.3 Å². The summed E-state index contributed by atoms with van der Waals surface area (Å²) in [6, 6.07) is 13.0. The van der Waals surface area contributed by atoms with Gasteiger partial charge in [0.05, 0.1) is 11.3 Å².